The van der Waals surface area contributed by atoms with Crippen molar-refractivity contribution in [3.8, 4) is 0 Å². The Morgan fingerprint density at radius 1 is 1.62 bits per heavy atom. The third kappa shape index (κ3) is 6.27. The van der Waals surface area contributed by atoms with Crippen molar-refractivity contribution in [1.82, 2.24) is 0 Å². The maximum atomic E-state index is 10.2. The third-order valence-corrected chi connectivity index (χ3v) is 2.94. The zero-order chi connectivity index (χ0) is 6.57. The second kappa shape index (κ2) is 4.18. The summed E-state index contributed by atoms with van der Waals surface area (Å²) >= 11 is -0.795. The molecule has 0 aliphatic rings. The second-order valence-electron chi connectivity index (χ2n) is 1.87. The topological polar surface area (TPSA) is 26.3 Å². The van der Waals surface area contributed by atoms with Crippen molar-refractivity contribution < 1.29 is 7.87 Å². The van der Waals surface area contributed by atoms with Gasteiger partial charge in [-0.25, -0.2) is 0 Å². The number of hydrogen-bond donors (Lipinski definition) is 0. The van der Waals surface area contributed by atoms with Crippen molar-refractivity contribution in [2.75, 3.05) is 0 Å². The standard InChI is InChI=1S/C3H7.C2H4O2.Sn/c1-3-2;1-2(3)4;/h3H,1-2H3;1H3,(H,3,4);/q;;+1/p-1. The molecule has 0 N–H and O–H groups in total. The Labute approximate surface area is 60.4 Å². The van der Waals surface area contributed by atoms with Crippen LogP contribution in [0.4, 0.5) is 0 Å². The first kappa shape index (κ1) is 8.27. The van der Waals surface area contributed by atoms with Crippen molar-refractivity contribution in [2.45, 2.75) is 24.7 Å². The molecule has 0 saturated carbocycles. The Kier molecular flexibility index (Phi) is 4.32. The van der Waals surface area contributed by atoms with Gasteiger partial charge in [-0.3, -0.25) is 0 Å². The van der Waals surface area contributed by atoms with Crippen LogP contribution >= 0.6 is 0 Å². The van der Waals surface area contributed by atoms with Crippen molar-refractivity contribution in [2.24, 2.45) is 0 Å². The van der Waals surface area contributed by atoms with Crippen molar-refractivity contribution in [3.63, 3.8) is 0 Å². The molecule has 0 aromatic carbocycles. The molecule has 0 bridgehead atoms. The molecule has 0 atom stereocenters. The van der Waals surface area contributed by atoms with Crippen LogP contribution in [-0.4, -0.2) is 27.5 Å². The van der Waals surface area contributed by atoms with Crippen molar-refractivity contribution in [1.29, 1.82) is 0 Å². The summed E-state index contributed by atoms with van der Waals surface area (Å²) in [4.78, 5) is 10.2. The molecule has 0 heterocycles. The Bertz CT molecular complexity index is 80.5. The first-order valence-corrected chi connectivity index (χ1v) is 5.37. The van der Waals surface area contributed by atoms with E-state index in [9.17, 15) is 4.79 Å². The first-order valence-electron chi connectivity index (χ1n) is 2.56. The fourth-order valence-electron chi connectivity index (χ4n) is 0.201. The molecule has 2 radical (unpaired) electrons. The summed E-state index contributed by atoms with van der Waals surface area (Å²) in [5, 5.41) is 0. The molecule has 0 saturated heterocycles. The van der Waals surface area contributed by atoms with E-state index in [-0.39, 0.29) is 5.97 Å². The molecule has 0 aliphatic carbocycles. The van der Waals surface area contributed by atoms with Crippen LogP contribution in [0.25, 0.3) is 0 Å². The normalized spacial score (nSPS) is 9.50. The van der Waals surface area contributed by atoms with Crippen LogP contribution in [0.2, 0.25) is 3.93 Å². The molecule has 0 unspecified atom stereocenters. The summed E-state index contributed by atoms with van der Waals surface area (Å²) in [5.74, 6) is -0.120. The molecular weight excluding hydrogens is 211 g/mol. The fraction of sp³-hybridized carbons (Fsp3) is 0.800. The molecule has 8 heavy (non-hydrogen) atoms. The quantitative estimate of drug-likeness (QED) is 0.650. The molecule has 3 heteroatoms. The van der Waals surface area contributed by atoms with Gasteiger partial charge in [0.2, 0.25) is 0 Å². The van der Waals surface area contributed by atoms with E-state index < -0.39 is 21.6 Å². The molecule has 0 fully saturated rings. The summed E-state index contributed by atoms with van der Waals surface area (Å²) in [6.07, 6.45) is 0. The minimum atomic E-state index is -0.795. The van der Waals surface area contributed by atoms with Crippen molar-refractivity contribution >= 4 is 27.5 Å². The van der Waals surface area contributed by atoms with E-state index >= 15 is 0 Å². The van der Waals surface area contributed by atoms with Gasteiger partial charge in [0.15, 0.2) is 0 Å². The molecule has 46 valence electrons. The van der Waals surface area contributed by atoms with E-state index in [0.717, 1.165) is 0 Å². The number of carbonyl (C=O) groups is 1. The fourth-order valence-corrected chi connectivity index (χ4v) is 1.35. The van der Waals surface area contributed by atoms with Crippen LogP contribution in [0.3, 0.4) is 0 Å². The molecule has 0 aromatic heterocycles. The van der Waals surface area contributed by atoms with Gasteiger partial charge >= 0.3 is 60.1 Å². The molecule has 0 amide bonds. The Balaban J connectivity index is 3.05. The first-order chi connectivity index (χ1) is 3.63. The van der Waals surface area contributed by atoms with Crippen LogP contribution in [-0.2, 0) is 7.87 Å². The van der Waals surface area contributed by atoms with E-state index in [1.807, 2.05) is 0 Å². The third-order valence-electron chi connectivity index (χ3n) is 0.438. The van der Waals surface area contributed by atoms with E-state index in [2.05, 4.69) is 13.8 Å². The number of hydrogen-bond acceptors (Lipinski definition) is 2. The van der Waals surface area contributed by atoms with E-state index in [1.165, 1.54) is 6.92 Å². The predicted molar refractivity (Wildman–Crippen MR) is 32.6 cm³/mol. The second-order valence-corrected chi connectivity index (χ2v) is 6.42. The van der Waals surface area contributed by atoms with Gasteiger partial charge in [-0.2, -0.15) is 0 Å². The summed E-state index contributed by atoms with van der Waals surface area (Å²) in [6.45, 7) is 5.62. The Hall–Kier alpha value is 0.269. The van der Waals surface area contributed by atoms with Gasteiger partial charge in [0.25, 0.3) is 0 Å². The van der Waals surface area contributed by atoms with Crippen molar-refractivity contribution in [3.05, 3.63) is 0 Å². The molecule has 0 aromatic rings. The van der Waals surface area contributed by atoms with Crippen LogP contribution in [0.5, 0.6) is 0 Å². The molecule has 0 spiro atoms. The SMILES string of the molecule is CC(=O)[O][Sn][CH](C)C. The average molecular weight is 221 g/mol. The van der Waals surface area contributed by atoms with Gasteiger partial charge in [0.05, 0.1) is 0 Å². The van der Waals surface area contributed by atoms with Gasteiger partial charge in [-0.15, -0.1) is 0 Å². The number of carbonyl (C=O) groups excluding carboxylic acids is 1. The summed E-state index contributed by atoms with van der Waals surface area (Å²) in [7, 11) is 0. The zero-order valence-corrected chi connectivity index (χ0v) is 8.25. The average Bonchev–Trinajstić information content (AvgIpc) is 1.61. The molecule has 0 rings (SSSR count). The van der Waals surface area contributed by atoms with Crippen LogP contribution in [0, 0.1) is 0 Å². The van der Waals surface area contributed by atoms with Crippen LogP contribution < -0.4 is 0 Å². The zero-order valence-electron chi connectivity index (χ0n) is 5.39. The van der Waals surface area contributed by atoms with Gasteiger partial charge in [0.1, 0.15) is 0 Å². The van der Waals surface area contributed by atoms with Crippen LogP contribution in [0.1, 0.15) is 20.8 Å². The van der Waals surface area contributed by atoms with E-state index in [4.69, 9.17) is 3.07 Å². The minimum absolute atomic E-state index is 0.120. The predicted octanol–water partition coefficient (Wildman–Crippen LogP) is 0.997. The van der Waals surface area contributed by atoms with Gasteiger partial charge < -0.3 is 0 Å². The molecule has 2 nitrogen and oxygen atoms in total. The molecular formula is C5H10O2Sn. The van der Waals surface area contributed by atoms with Crippen LogP contribution in [0.15, 0.2) is 0 Å². The van der Waals surface area contributed by atoms with Gasteiger partial charge in [-0.05, 0) is 0 Å². The monoisotopic (exact) mass is 222 g/mol. The summed E-state index contributed by atoms with van der Waals surface area (Å²) < 4.78 is 5.45. The van der Waals surface area contributed by atoms with E-state index in [1.54, 1.807) is 0 Å². The maximum absolute atomic E-state index is 10.2. The molecule has 0 aliphatic heterocycles. The summed E-state index contributed by atoms with van der Waals surface area (Å²) in [5.41, 5.74) is 0. The summed E-state index contributed by atoms with van der Waals surface area (Å²) in [6, 6.07) is 0. The van der Waals surface area contributed by atoms with Gasteiger partial charge in [-0.1, -0.05) is 0 Å². The number of rotatable bonds is 2. The van der Waals surface area contributed by atoms with Gasteiger partial charge in [0, 0.05) is 0 Å². The Morgan fingerprint density at radius 3 is 2.25 bits per heavy atom. The Morgan fingerprint density at radius 2 is 2.12 bits per heavy atom. The van der Waals surface area contributed by atoms with E-state index in [0.29, 0.717) is 3.93 Å².